The molecule has 1 saturated carbocycles. The molecular weight excluding hydrogens is 614 g/mol. The molecule has 1 atom stereocenters. The Kier molecular flexibility index (Phi) is 11.4. The molecule has 11 heteroatoms. The second-order valence-electron chi connectivity index (χ2n) is 11.4. The van der Waals surface area contributed by atoms with Gasteiger partial charge in [0.15, 0.2) is 11.5 Å². The van der Waals surface area contributed by atoms with E-state index in [2.05, 4.69) is 5.32 Å². The summed E-state index contributed by atoms with van der Waals surface area (Å²) in [6, 6.07) is 16.0. The molecule has 1 N–H and O–H groups in total. The molecule has 3 aromatic carbocycles. The van der Waals surface area contributed by atoms with Crippen LogP contribution in [0.2, 0.25) is 5.02 Å². The lowest BCUT2D eigenvalue weighted by atomic mass is 10.1. The fourth-order valence-electron chi connectivity index (χ4n) is 5.82. The van der Waals surface area contributed by atoms with Crippen molar-refractivity contribution in [3.05, 3.63) is 82.4 Å². The van der Waals surface area contributed by atoms with Gasteiger partial charge in [-0.2, -0.15) is 0 Å². The van der Waals surface area contributed by atoms with Gasteiger partial charge in [0.2, 0.25) is 11.8 Å². The van der Waals surface area contributed by atoms with Crippen LogP contribution < -0.4 is 19.1 Å². The smallest absolute Gasteiger partial charge is 0.264 e. The topological polar surface area (TPSA) is 105 Å². The number of carbonyl (C=O) groups excluding carboxylic acids is 2. The fourth-order valence-corrected chi connectivity index (χ4v) is 7.43. The zero-order chi connectivity index (χ0) is 32.7. The number of hydrogen-bond donors (Lipinski definition) is 1. The molecule has 9 nitrogen and oxygen atoms in total. The fraction of sp³-hybridized carbons (Fsp3) is 0.412. The van der Waals surface area contributed by atoms with E-state index in [1.165, 1.54) is 37.3 Å². The molecule has 0 unspecified atom stereocenters. The predicted molar refractivity (Wildman–Crippen MR) is 176 cm³/mol. The molecule has 1 fully saturated rings. The van der Waals surface area contributed by atoms with Crippen LogP contribution in [0.3, 0.4) is 0 Å². The number of anilines is 1. The van der Waals surface area contributed by atoms with Gasteiger partial charge in [0.05, 0.1) is 24.8 Å². The predicted octanol–water partition coefficient (Wildman–Crippen LogP) is 6.04. The Morgan fingerprint density at radius 3 is 2.20 bits per heavy atom. The lowest BCUT2D eigenvalue weighted by Crippen LogP contribution is -2.53. The minimum absolute atomic E-state index is 0.0339. The van der Waals surface area contributed by atoms with E-state index in [0.29, 0.717) is 28.4 Å². The molecule has 0 radical (unpaired) electrons. The van der Waals surface area contributed by atoms with E-state index >= 15 is 0 Å². The van der Waals surface area contributed by atoms with Gasteiger partial charge in [-0.15, -0.1) is 0 Å². The van der Waals surface area contributed by atoms with Gasteiger partial charge < -0.3 is 19.7 Å². The molecule has 0 bridgehead atoms. The number of nitrogens with zero attached hydrogens (tertiary/aromatic N) is 2. The summed E-state index contributed by atoms with van der Waals surface area (Å²) in [5.41, 5.74) is 2.65. The van der Waals surface area contributed by atoms with E-state index in [1.54, 1.807) is 30.3 Å². The lowest BCUT2D eigenvalue weighted by Gasteiger charge is -2.34. The zero-order valence-corrected chi connectivity index (χ0v) is 28.1. The third-order valence-electron chi connectivity index (χ3n) is 8.10. The molecule has 0 aromatic heterocycles. The number of rotatable bonds is 13. The second kappa shape index (κ2) is 15.0. The summed E-state index contributed by atoms with van der Waals surface area (Å²) in [5, 5.41) is 3.57. The highest BCUT2D eigenvalue weighted by Crippen LogP contribution is 2.33. The third kappa shape index (κ3) is 8.10. The monoisotopic (exact) mass is 655 g/mol. The number of amides is 2. The maximum Gasteiger partial charge on any atom is 0.264 e. The number of sulfonamides is 1. The van der Waals surface area contributed by atoms with Crippen LogP contribution in [-0.2, 0) is 26.2 Å². The molecule has 242 valence electrons. The Labute approximate surface area is 271 Å². The summed E-state index contributed by atoms with van der Waals surface area (Å²) >= 11 is 6.51. The Morgan fingerprint density at radius 1 is 0.956 bits per heavy atom. The molecule has 2 amide bonds. The summed E-state index contributed by atoms with van der Waals surface area (Å²) < 4.78 is 40.5. The van der Waals surface area contributed by atoms with Gasteiger partial charge in [0.1, 0.15) is 12.6 Å². The first-order valence-electron chi connectivity index (χ1n) is 15.1. The van der Waals surface area contributed by atoms with Crippen molar-refractivity contribution >= 4 is 39.1 Å². The van der Waals surface area contributed by atoms with Crippen LogP contribution in [0.1, 0.15) is 55.7 Å². The van der Waals surface area contributed by atoms with E-state index in [0.717, 1.165) is 41.1 Å². The maximum absolute atomic E-state index is 14.4. The minimum Gasteiger partial charge on any atom is -0.493 e. The van der Waals surface area contributed by atoms with E-state index in [4.69, 9.17) is 21.1 Å². The van der Waals surface area contributed by atoms with Gasteiger partial charge in [-0.05, 0) is 80.1 Å². The van der Waals surface area contributed by atoms with Crippen molar-refractivity contribution in [1.29, 1.82) is 0 Å². The van der Waals surface area contributed by atoms with Gasteiger partial charge >= 0.3 is 0 Å². The number of methoxy groups -OCH3 is 2. The molecule has 4 rings (SSSR count). The molecule has 3 aromatic rings. The Morgan fingerprint density at radius 2 is 1.60 bits per heavy atom. The molecule has 1 aliphatic rings. The van der Waals surface area contributed by atoms with E-state index in [9.17, 15) is 18.0 Å². The number of aryl methyl sites for hydroxylation is 2. The largest absolute Gasteiger partial charge is 0.493 e. The first-order valence-corrected chi connectivity index (χ1v) is 17.0. The Bertz CT molecular complexity index is 1600. The number of hydrogen-bond acceptors (Lipinski definition) is 6. The van der Waals surface area contributed by atoms with Crippen molar-refractivity contribution in [2.75, 3.05) is 25.1 Å². The SMILES string of the molecule is CC[C@@H](C(=O)NC1CCCC1)N(Cc1ccccc1Cl)C(=O)CN(c1cc(C)cc(C)c1)S(=O)(=O)c1ccc(OC)c(OC)c1. The van der Waals surface area contributed by atoms with Crippen LogP contribution in [-0.4, -0.2) is 58.0 Å². The average Bonchev–Trinajstić information content (AvgIpc) is 3.52. The highest BCUT2D eigenvalue weighted by Gasteiger charge is 2.35. The number of halogens is 1. The second-order valence-corrected chi connectivity index (χ2v) is 13.7. The summed E-state index contributed by atoms with van der Waals surface area (Å²) in [7, 11) is -1.41. The number of carbonyl (C=O) groups is 2. The van der Waals surface area contributed by atoms with Gasteiger partial charge in [0, 0.05) is 23.7 Å². The molecule has 0 saturated heterocycles. The molecule has 0 aliphatic heterocycles. The van der Waals surface area contributed by atoms with Crippen LogP contribution in [0.5, 0.6) is 11.5 Å². The Balaban J connectivity index is 1.78. The van der Waals surface area contributed by atoms with Crippen LogP contribution in [0.15, 0.2) is 65.6 Å². The number of benzene rings is 3. The van der Waals surface area contributed by atoms with Gasteiger partial charge in [-0.1, -0.05) is 55.6 Å². The maximum atomic E-state index is 14.4. The zero-order valence-electron chi connectivity index (χ0n) is 26.5. The molecule has 45 heavy (non-hydrogen) atoms. The van der Waals surface area contributed by atoms with Crippen LogP contribution >= 0.6 is 11.6 Å². The van der Waals surface area contributed by atoms with Gasteiger partial charge in [-0.25, -0.2) is 8.42 Å². The first-order chi connectivity index (χ1) is 21.5. The van der Waals surface area contributed by atoms with E-state index < -0.39 is 28.5 Å². The van der Waals surface area contributed by atoms with Crippen LogP contribution in [0.25, 0.3) is 0 Å². The van der Waals surface area contributed by atoms with E-state index in [1.807, 2.05) is 32.9 Å². The molecule has 0 spiro atoms. The van der Waals surface area contributed by atoms with Crippen molar-refractivity contribution in [2.24, 2.45) is 0 Å². The van der Waals surface area contributed by atoms with Crippen molar-refractivity contribution < 1.29 is 27.5 Å². The first kappa shape index (κ1) is 34.1. The lowest BCUT2D eigenvalue weighted by molar-refractivity contribution is -0.140. The minimum atomic E-state index is -4.30. The summed E-state index contributed by atoms with van der Waals surface area (Å²) in [6.07, 6.45) is 4.21. The van der Waals surface area contributed by atoms with E-state index in [-0.39, 0.29) is 29.1 Å². The molecule has 0 heterocycles. The highest BCUT2D eigenvalue weighted by molar-refractivity contribution is 7.92. The summed E-state index contributed by atoms with van der Waals surface area (Å²) in [4.78, 5) is 29.4. The van der Waals surface area contributed by atoms with Gasteiger partial charge in [-0.3, -0.25) is 13.9 Å². The average molecular weight is 656 g/mol. The van der Waals surface area contributed by atoms with Crippen molar-refractivity contribution in [3.63, 3.8) is 0 Å². The van der Waals surface area contributed by atoms with Gasteiger partial charge in [0.25, 0.3) is 10.0 Å². The summed E-state index contributed by atoms with van der Waals surface area (Å²) in [5.74, 6) is -0.187. The number of nitrogens with one attached hydrogen (secondary N) is 1. The third-order valence-corrected chi connectivity index (χ3v) is 10.2. The standard InChI is InChI=1S/C34H42ClN3O6S/c1-6-30(34(40)36-26-12-8-9-13-26)37(21-25-11-7-10-14-29(25)35)33(39)22-38(27-18-23(2)17-24(3)19-27)45(41,42)28-15-16-31(43-4)32(20-28)44-5/h7,10-11,14-20,26,30H,6,8-9,12-13,21-22H2,1-5H3,(H,36,40)/t30-/m0/s1. The molecular formula is C34H42ClN3O6S. The van der Waals surface area contributed by atoms with Crippen LogP contribution in [0.4, 0.5) is 5.69 Å². The normalized spacial score (nSPS) is 14.1. The summed E-state index contributed by atoms with van der Waals surface area (Å²) in [6.45, 7) is 5.06. The van der Waals surface area contributed by atoms with Crippen molar-refractivity contribution in [1.82, 2.24) is 10.2 Å². The van der Waals surface area contributed by atoms with Crippen LogP contribution in [0, 0.1) is 13.8 Å². The number of ether oxygens (including phenoxy) is 2. The Hall–Kier alpha value is -3.76. The molecule has 1 aliphatic carbocycles. The highest BCUT2D eigenvalue weighted by atomic mass is 35.5. The quantitative estimate of drug-likeness (QED) is 0.241. The van der Waals surface area contributed by atoms with Crippen molar-refractivity contribution in [3.8, 4) is 11.5 Å². The van der Waals surface area contributed by atoms with Crippen molar-refractivity contribution in [2.45, 2.75) is 76.4 Å².